The molecule has 1 atom stereocenters. The largest absolute Gasteiger partial charge is 0.481 e. The summed E-state index contributed by atoms with van der Waals surface area (Å²) in [6, 6.07) is 16.1. The molecule has 0 aliphatic heterocycles. The second kappa shape index (κ2) is 8.38. The van der Waals surface area contributed by atoms with Crippen LogP contribution in [0.15, 0.2) is 64.9 Å². The van der Waals surface area contributed by atoms with E-state index in [1.807, 2.05) is 41.9 Å². The van der Waals surface area contributed by atoms with Crippen molar-refractivity contribution < 1.29 is 9.53 Å². The summed E-state index contributed by atoms with van der Waals surface area (Å²) >= 11 is 1.49. The number of hydrogen-bond donors (Lipinski definition) is 1. The number of hydrogen-bond acceptors (Lipinski definition) is 6. The van der Waals surface area contributed by atoms with Crippen LogP contribution in [0.25, 0.3) is 0 Å². The van der Waals surface area contributed by atoms with Gasteiger partial charge >= 0.3 is 0 Å². The number of anilines is 1. The van der Waals surface area contributed by atoms with Crippen LogP contribution in [0, 0.1) is 11.3 Å². The highest BCUT2D eigenvalue weighted by Gasteiger charge is 2.15. The summed E-state index contributed by atoms with van der Waals surface area (Å²) in [7, 11) is 1.88. The Kier molecular flexibility index (Phi) is 5.74. The molecule has 1 N–H and O–H groups in total. The average molecular weight is 379 g/mol. The molecule has 0 aliphatic carbocycles. The second-order valence-electron chi connectivity index (χ2n) is 5.74. The lowest BCUT2D eigenvalue weighted by molar-refractivity contribution is -0.122. The number of rotatable bonds is 6. The molecule has 0 bridgehead atoms. The molecule has 0 saturated heterocycles. The maximum Gasteiger partial charge on any atom is 0.265 e. The molecular formula is C19H17N5O2S. The average Bonchev–Trinajstić information content (AvgIpc) is 3.08. The van der Waals surface area contributed by atoms with Gasteiger partial charge in [-0.2, -0.15) is 5.26 Å². The number of aryl methyl sites for hydroxylation is 1. The number of benzene rings is 2. The summed E-state index contributed by atoms with van der Waals surface area (Å²) in [5, 5.41) is 20.3. The third-order valence-corrected chi connectivity index (χ3v) is 4.73. The van der Waals surface area contributed by atoms with Crippen molar-refractivity contribution in [2.45, 2.75) is 23.1 Å². The molecule has 0 spiro atoms. The van der Waals surface area contributed by atoms with Crippen LogP contribution in [0.2, 0.25) is 0 Å². The Balaban J connectivity index is 1.56. The third kappa shape index (κ3) is 4.86. The number of nitrogens with one attached hydrogen (secondary N) is 1. The SMILES string of the molecule is CC(Oc1ccc(C#N)cc1)C(=O)Nc1ccc(Sc2nncn2C)cc1. The molecule has 3 aromatic rings. The molecule has 1 unspecified atom stereocenters. The van der Waals surface area contributed by atoms with Crippen LogP contribution >= 0.6 is 11.8 Å². The van der Waals surface area contributed by atoms with Gasteiger partial charge in [0.1, 0.15) is 12.1 Å². The molecule has 2 aromatic carbocycles. The summed E-state index contributed by atoms with van der Waals surface area (Å²) in [6.45, 7) is 1.67. The van der Waals surface area contributed by atoms with Gasteiger partial charge in [-0.25, -0.2) is 0 Å². The Hall–Kier alpha value is -3.31. The van der Waals surface area contributed by atoms with E-state index in [4.69, 9.17) is 10.00 Å². The lowest BCUT2D eigenvalue weighted by Crippen LogP contribution is -2.30. The minimum atomic E-state index is -0.675. The molecule has 1 aromatic heterocycles. The van der Waals surface area contributed by atoms with Gasteiger partial charge in [0, 0.05) is 17.6 Å². The number of ether oxygens (including phenoxy) is 1. The van der Waals surface area contributed by atoms with Crippen LogP contribution in [0.1, 0.15) is 12.5 Å². The Morgan fingerprint density at radius 3 is 2.52 bits per heavy atom. The minimum Gasteiger partial charge on any atom is -0.481 e. The summed E-state index contributed by atoms with van der Waals surface area (Å²) < 4.78 is 7.45. The van der Waals surface area contributed by atoms with Crippen LogP contribution in [-0.4, -0.2) is 26.8 Å². The fourth-order valence-electron chi connectivity index (χ4n) is 2.19. The standard InChI is InChI=1S/C19H17N5O2S/c1-13(26-16-7-3-14(11-20)4-8-16)18(25)22-15-5-9-17(10-6-15)27-19-23-21-12-24(19)2/h3-10,12-13H,1-2H3,(H,22,25). The fourth-order valence-corrected chi connectivity index (χ4v) is 2.95. The fraction of sp³-hybridized carbons (Fsp3) is 0.158. The Bertz CT molecular complexity index is 961. The maximum atomic E-state index is 12.3. The lowest BCUT2D eigenvalue weighted by atomic mass is 10.2. The number of amides is 1. The molecule has 7 nitrogen and oxygen atoms in total. The summed E-state index contributed by atoms with van der Waals surface area (Å²) in [5.41, 5.74) is 1.22. The highest BCUT2D eigenvalue weighted by molar-refractivity contribution is 7.99. The highest BCUT2D eigenvalue weighted by atomic mass is 32.2. The number of nitriles is 1. The van der Waals surface area contributed by atoms with E-state index in [1.54, 1.807) is 37.5 Å². The monoisotopic (exact) mass is 379 g/mol. The zero-order chi connectivity index (χ0) is 19.2. The number of carbonyl (C=O) groups is 1. The quantitative estimate of drug-likeness (QED) is 0.707. The van der Waals surface area contributed by atoms with Crippen molar-refractivity contribution in [2.75, 3.05) is 5.32 Å². The van der Waals surface area contributed by atoms with Crippen molar-refractivity contribution in [3.63, 3.8) is 0 Å². The molecule has 8 heteroatoms. The van der Waals surface area contributed by atoms with Crippen molar-refractivity contribution in [3.8, 4) is 11.8 Å². The molecule has 0 radical (unpaired) electrons. The Morgan fingerprint density at radius 2 is 1.93 bits per heavy atom. The van der Waals surface area contributed by atoms with E-state index in [1.165, 1.54) is 11.8 Å². The predicted molar refractivity (Wildman–Crippen MR) is 101 cm³/mol. The topological polar surface area (TPSA) is 92.8 Å². The molecule has 3 rings (SSSR count). The van der Waals surface area contributed by atoms with Crippen LogP contribution in [-0.2, 0) is 11.8 Å². The van der Waals surface area contributed by atoms with Crippen molar-refractivity contribution in [1.82, 2.24) is 14.8 Å². The number of carbonyl (C=O) groups excluding carboxylic acids is 1. The van der Waals surface area contributed by atoms with Gasteiger partial charge in [-0.15, -0.1) is 10.2 Å². The van der Waals surface area contributed by atoms with E-state index >= 15 is 0 Å². The van der Waals surface area contributed by atoms with Crippen molar-refractivity contribution in [2.24, 2.45) is 7.05 Å². The lowest BCUT2D eigenvalue weighted by Gasteiger charge is -2.15. The van der Waals surface area contributed by atoms with Gasteiger partial charge < -0.3 is 14.6 Å². The Morgan fingerprint density at radius 1 is 1.22 bits per heavy atom. The molecule has 136 valence electrons. The molecule has 1 heterocycles. The molecular weight excluding hydrogens is 362 g/mol. The van der Waals surface area contributed by atoms with Gasteiger partial charge in [0.2, 0.25) is 0 Å². The summed E-state index contributed by atoms with van der Waals surface area (Å²) in [6.07, 6.45) is 0.970. The molecule has 0 aliphatic rings. The van der Waals surface area contributed by atoms with E-state index in [0.717, 1.165) is 10.1 Å². The van der Waals surface area contributed by atoms with Gasteiger partial charge in [-0.1, -0.05) is 0 Å². The predicted octanol–water partition coefficient (Wildman–Crippen LogP) is 3.24. The second-order valence-corrected chi connectivity index (χ2v) is 6.78. The van der Waals surface area contributed by atoms with E-state index < -0.39 is 6.10 Å². The number of aromatic nitrogens is 3. The molecule has 27 heavy (non-hydrogen) atoms. The first kappa shape index (κ1) is 18.5. The molecule has 0 saturated carbocycles. The van der Waals surface area contributed by atoms with Gasteiger partial charge in [0.15, 0.2) is 11.3 Å². The maximum absolute atomic E-state index is 12.3. The zero-order valence-electron chi connectivity index (χ0n) is 14.8. The zero-order valence-corrected chi connectivity index (χ0v) is 15.6. The Labute approximate surface area is 161 Å². The first-order valence-corrected chi connectivity index (χ1v) is 8.96. The van der Waals surface area contributed by atoms with Crippen LogP contribution in [0.4, 0.5) is 5.69 Å². The van der Waals surface area contributed by atoms with E-state index in [-0.39, 0.29) is 5.91 Å². The summed E-state index contributed by atoms with van der Waals surface area (Å²) in [5.74, 6) is 0.278. The minimum absolute atomic E-state index is 0.256. The van der Waals surface area contributed by atoms with E-state index in [2.05, 4.69) is 15.5 Å². The van der Waals surface area contributed by atoms with Crippen molar-refractivity contribution >= 4 is 23.4 Å². The van der Waals surface area contributed by atoms with Gasteiger partial charge in [0.05, 0.1) is 11.6 Å². The van der Waals surface area contributed by atoms with Crippen LogP contribution in [0.3, 0.4) is 0 Å². The van der Waals surface area contributed by atoms with Gasteiger partial charge in [0.25, 0.3) is 5.91 Å². The van der Waals surface area contributed by atoms with E-state index in [9.17, 15) is 4.79 Å². The van der Waals surface area contributed by atoms with Crippen LogP contribution < -0.4 is 10.1 Å². The van der Waals surface area contributed by atoms with Crippen LogP contribution in [0.5, 0.6) is 5.75 Å². The van der Waals surface area contributed by atoms with Crippen molar-refractivity contribution in [1.29, 1.82) is 5.26 Å². The van der Waals surface area contributed by atoms with Gasteiger partial charge in [-0.3, -0.25) is 4.79 Å². The third-order valence-electron chi connectivity index (χ3n) is 3.67. The van der Waals surface area contributed by atoms with Crippen molar-refractivity contribution in [3.05, 3.63) is 60.4 Å². The molecule has 0 fully saturated rings. The van der Waals surface area contributed by atoms with E-state index in [0.29, 0.717) is 17.0 Å². The normalized spacial score (nSPS) is 11.4. The van der Waals surface area contributed by atoms with Gasteiger partial charge in [-0.05, 0) is 67.2 Å². The first-order valence-electron chi connectivity index (χ1n) is 8.15. The first-order chi connectivity index (χ1) is 13.0. The number of nitrogens with zero attached hydrogens (tertiary/aromatic N) is 4. The molecule has 1 amide bonds. The highest BCUT2D eigenvalue weighted by Crippen LogP contribution is 2.26. The smallest absolute Gasteiger partial charge is 0.265 e. The summed E-state index contributed by atoms with van der Waals surface area (Å²) in [4.78, 5) is 13.3.